The molecular weight excluding hydrogens is 488 g/mol. The van der Waals surface area contributed by atoms with Crippen LogP contribution < -0.4 is 15.1 Å². The number of sulfonamides is 1. The van der Waals surface area contributed by atoms with Crippen molar-refractivity contribution in [2.45, 2.75) is 11.4 Å². The number of quaternary nitrogens is 1. The minimum absolute atomic E-state index is 0.212. The monoisotopic (exact) mass is 521 g/mol. The molecule has 0 spiro atoms. The predicted octanol–water partition coefficient (Wildman–Crippen LogP) is 1.86. The van der Waals surface area contributed by atoms with Gasteiger partial charge in [0, 0.05) is 35.6 Å². The van der Waals surface area contributed by atoms with Crippen molar-refractivity contribution in [3.05, 3.63) is 90.0 Å². The standard InChI is InChI=1S/C28H32N4O4S/c33-28(29-25-10-12-27(13-11-25)37(34,35)32-18-20-36-21-19-32)24-8-6-23(7-9-24)22-30-14-16-31(17-15-30)26-4-2-1-3-5-26/h1-13H,14-22H2,(H,29,33)/p+1. The minimum atomic E-state index is -3.56. The van der Waals surface area contributed by atoms with Gasteiger partial charge in [-0.05, 0) is 48.5 Å². The molecule has 0 unspecified atom stereocenters. The van der Waals surface area contributed by atoms with Crippen molar-refractivity contribution in [2.75, 3.05) is 62.7 Å². The van der Waals surface area contributed by atoms with Gasteiger partial charge in [-0.1, -0.05) is 30.3 Å². The van der Waals surface area contributed by atoms with Gasteiger partial charge in [-0.25, -0.2) is 8.42 Å². The highest BCUT2D eigenvalue weighted by Gasteiger charge is 2.26. The van der Waals surface area contributed by atoms with Gasteiger partial charge in [-0.3, -0.25) is 4.79 Å². The van der Waals surface area contributed by atoms with Crippen LogP contribution in [0.15, 0.2) is 83.8 Å². The van der Waals surface area contributed by atoms with E-state index in [0.29, 0.717) is 37.6 Å². The summed E-state index contributed by atoms with van der Waals surface area (Å²) in [6.45, 7) is 6.66. The average molecular weight is 522 g/mol. The number of hydrogen-bond donors (Lipinski definition) is 2. The van der Waals surface area contributed by atoms with Gasteiger partial charge in [0.1, 0.15) is 6.54 Å². The lowest BCUT2D eigenvalue weighted by Crippen LogP contribution is -3.13. The third-order valence-corrected chi connectivity index (χ3v) is 8.90. The molecule has 2 saturated heterocycles. The van der Waals surface area contributed by atoms with Crippen LogP contribution in [0.25, 0.3) is 0 Å². The number of carbonyl (C=O) groups excluding carboxylic acids is 1. The van der Waals surface area contributed by atoms with E-state index in [2.05, 4.69) is 34.5 Å². The molecule has 0 radical (unpaired) electrons. The fourth-order valence-electron chi connectivity index (χ4n) is 4.81. The first-order chi connectivity index (χ1) is 18.0. The smallest absolute Gasteiger partial charge is 0.255 e. The number of benzene rings is 3. The predicted molar refractivity (Wildman–Crippen MR) is 143 cm³/mol. The number of anilines is 2. The SMILES string of the molecule is O=C(Nc1ccc(S(=O)(=O)N2CCOCC2)cc1)c1ccc(C[NH+]2CCN(c3ccccc3)CC2)cc1. The molecule has 8 nitrogen and oxygen atoms in total. The van der Waals surface area contributed by atoms with Crippen LogP contribution in [0.4, 0.5) is 11.4 Å². The summed E-state index contributed by atoms with van der Waals surface area (Å²) in [5.74, 6) is -0.223. The first-order valence-corrected chi connectivity index (χ1v) is 14.1. The molecule has 2 fully saturated rings. The lowest BCUT2D eigenvalue weighted by atomic mass is 10.1. The van der Waals surface area contributed by atoms with E-state index in [-0.39, 0.29) is 10.8 Å². The molecule has 2 N–H and O–H groups in total. The molecule has 3 aromatic carbocycles. The Hall–Kier alpha value is -3.24. The maximum absolute atomic E-state index is 12.8. The summed E-state index contributed by atoms with van der Waals surface area (Å²) in [5, 5.41) is 2.86. The van der Waals surface area contributed by atoms with E-state index >= 15 is 0 Å². The van der Waals surface area contributed by atoms with E-state index in [1.807, 2.05) is 30.3 Å². The van der Waals surface area contributed by atoms with Crippen LogP contribution in [0.3, 0.4) is 0 Å². The van der Waals surface area contributed by atoms with Crippen molar-refractivity contribution in [3.8, 4) is 0 Å². The number of amides is 1. The zero-order valence-electron chi connectivity index (χ0n) is 20.8. The van der Waals surface area contributed by atoms with E-state index in [0.717, 1.165) is 32.7 Å². The molecule has 3 aromatic rings. The van der Waals surface area contributed by atoms with Crippen LogP contribution in [0, 0.1) is 0 Å². The summed E-state index contributed by atoms with van der Waals surface area (Å²) in [4.78, 5) is 16.9. The fourth-order valence-corrected chi connectivity index (χ4v) is 6.22. The third kappa shape index (κ3) is 6.19. The Labute approximate surface area is 218 Å². The Bertz CT molecular complexity index is 1280. The number of piperazine rings is 1. The molecule has 9 heteroatoms. The number of nitrogens with one attached hydrogen (secondary N) is 2. The lowest BCUT2D eigenvalue weighted by Gasteiger charge is -2.33. The Morgan fingerprint density at radius 2 is 1.49 bits per heavy atom. The largest absolute Gasteiger partial charge is 0.379 e. The van der Waals surface area contributed by atoms with Crippen molar-refractivity contribution in [1.82, 2.24) is 4.31 Å². The van der Waals surface area contributed by atoms with Gasteiger partial charge in [-0.15, -0.1) is 0 Å². The number of morpholine rings is 1. The zero-order chi connectivity index (χ0) is 25.7. The molecule has 2 aliphatic heterocycles. The van der Waals surface area contributed by atoms with E-state index in [1.165, 1.54) is 32.6 Å². The van der Waals surface area contributed by atoms with Crippen LogP contribution >= 0.6 is 0 Å². The summed E-state index contributed by atoms with van der Waals surface area (Å²) in [6, 6.07) is 24.6. The summed E-state index contributed by atoms with van der Waals surface area (Å²) >= 11 is 0. The molecular formula is C28H33N4O4S+. The molecule has 5 rings (SSSR count). The number of nitrogens with zero attached hydrogens (tertiary/aromatic N) is 2. The van der Waals surface area contributed by atoms with Crippen molar-refractivity contribution in [1.29, 1.82) is 0 Å². The fraction of sp³-hybridized carbons (Fsp3) is 0.321. The summed E-state index contributed by atoms with van der Waals surface area (Å²) in [6.07, 6.45) is 0. The second-order valence-corrected chi connectivity index (χ2v) is 11.4. The quantitative estimate of drug-likeness (QED) is 0.496. The van der Waals surface area contributed by atoms with Gasteiger partial charge in [0.2, 0.25) is 10.0 Å². The van der Waals surface area contributed by atoms with E-state index in [9.17, 15) is 13.2 Å². The van der Waals surface area contributed by atoms with Gasteiger partial charge in [-0.2, -0.15) is 4.31 Å². The number of ether oxygens (including phenoxy) is 1. The summed E-state index contributed by atoms with van der Waals surface area (Å²) in [7, 11) is -3.56. The molecule has 0 aliphatic carbocycles. The van der Waals surface area contributed by atoms with Gasteiger partial charge >= 0.3 is 0 Å². The van der Waals surface area contributed by atoms with E-state index < -0.39 is 10.0 Å². The number of carbonyl (C=O) groups is 1. The van der Waals surface area contributed by atoms with Crippen LogP contribution in [0.2, 0.25) is 0 Å². The molecule has 0 bridgehead atoms. The molecule has 37 heavy (non-hydrogen) atoms. The number of rotatable bonds is 7. The van der Waals surface area contributed by atoms with Gasteiger partial charge in [0.25, 0.3) is 5.91 Å². The van der Waals surface area contributed by atoms with E-state index in [1.54, 1.807) is 12.1 Å². The maximum atomic E-state index is 12.8. The Morgan fingerprint density at radius 1 is 0.838 bits per heavy atom. The molecule has 0 atom stereocenters. The van der Waals surface area contributed by atoms with Crippen LogP contribution in [-0.4, -0.2) is 71.1 Å². The number of hydrogen-bond acceptors (Lipinski definition) is 5. The van der Waals surface area contributed by atoms with Gasteiger partial charge < -0.3 is 19.9 Å². The first-order valence-electron chi connectivity index (χ1n) is 12.7. The van der Waals surface area contributed by atoms with Crippen LogP contribution in [-0.2, 0) is 21.3 Å². The van der Waals surface area contributed by atoms with Crippen molar-refractivity contribution in [2.24, 2.45) is 0 Å². The van der Waals surface area contributed by atoms with Crippen molar-refractivity contribution >= 4 is 27.3 Å². The van der Waals surface area contributed by atoms with E-state index in [4.69, 9.17) is 4.74 Å². The maximum Gasteiger partial charge on any atom is 0.255 e. The highest BCUT2D eigenvalue weighted by Crippen LogP contribution is 2.20. The number of para-hydroxylation sites is 1. The third-order valence-electron chi connectivity index (χ3n) is 6.98. The van der Waals surface area contributed by atoms with Crippen LogP contribution in [0.5, 0.6) is 0 Å². The molecule has 0 aromatic heterocycles. The molecule has 0 saturated carbocycles. The van der Waals surface area contributed by atoms with Gasteiger partial charge in [0.05, 0.1) is 44.3 Å². The van der Waals surface area contributed by atoms with Gasteiger partial charge in [0.15, 0.2) is 0 Å². The highest BCUT2D eigenvalue weighted by molar-refractivity contribution is 7.89. The highest BCUT2D eigenvalue weighted by atomic mass is 32.2. The van der Waals surface area contributed by atoms with Crippen molar-refractivity contribution in [3.63, 3.8) is 0 Å². The van der Waals surface area contributed by atoms with Crippen molar-refractivity contribution < 1.29 is 22.8 Å². The minimum Gasteiger partial charge on any atom is -0.379 e. The molecule has 2 heterocycles. The second kappa shape index (κ2) is 11.4. The molecule has 1 amide bonds. The Kier molecular flexibility index (Phi) is 7.85. The van der Waals surface area contributed by atoms with Crippen LogP contribution in [0.1, 0.15) is 15.9 Å². The Balaban J connectivity index is 1.13. The topological polar surface area (TPSA) is 83.4 Å². The lowest BCUT2D eigenvalue weighted by molar-refractivity contribution is -0.914. The first kappa shape index (κ1) is 25.4. The second-order valence-electron chi connectivity index (χ2n) is 9.44. The zero-order valence-corrected chi connectivity index (χ0v) is 21.6. The normalized spacial score (nSPS) is 17.5. The Morgan fingerprint density at radius 3 is 2.14 bits per heavy atom. The summed E-state index contributed by atoms with van der Waals surface area (Å²) < 4.78 is 32.2. The average Bonchev–Trinajstić information content (AvgIpc) is 2.95. The summed E-state index contributed by atoms with van der Waals surface area (Å²) in [5.41, 5.74) is 3.61. The molecule has 194 valence electrons. The molecule has 2 aliphatic rings.